The van der Waals surface area contributed by atoms with Crippen LogP contribution in [-0.2, 0) is 4.12 Å². The van der Waals surface area contributed by atoms with Crippen molar-refractivity contribution >= 4 is 37.4 Å². The predicted molar refractivity (Wildman–Crippen MR) is 46.9 cm³/mol. The lowest BCUT2D eigenvalue weighted by Gasteiger charge is -1.91. The predicted octanol–water partition coefficient (Wildman–Crippen LogP) is -3.32. The lowest BCUT2D eigenvalue weighted by molar-refractivity contribution is 0.668. The van der Waals surface area contributed by atoms with Gasteiger partial charge in [-0.15, -0.1) is 6.58 Å². The van der Waals surface area contributed by atoms with Gasteiger partial charge in [-0.25, -0.2) is 0 Å². The molecule has 0 aromatic carbocycles. The van der Waals surface area contributed by atoms with Crippen molar-refractivity contribution in [3.63, 3.8) is 0 Å². The second kappa shape index (κ2) is 6.57. The van der Waals surface area contributed by atoms with E-state index in [1.807, 2.05) is 5.70 Å². The summed E-state index contributed by atoms with van der Waals surface area (Å²) in [6.07, 6.45) is 0. The van der Waals surface area contributed by atoms with Crippen LogP contribution in [0.15, 0.2) is 12.3 Å². The van der Waals surface area contributed by atoms with E-state index in [2.05, 4.69) is 6.58 Å². The van der Waals surface area contributed by atoms with Gasteiger partial charge in [0.1, 0.15) is 9.28 Å². The fourth-order valence-electron chi connectivity index (χ4n) is 0.311. The van der Waals surface area contributed by atoms with Crippen LogP contribution < -0.4 is 0 Å². The molecule has 1 nitrogen and oxygen atoms in total. The molecule has 0 rings (SSSR count). The van der Waals surface area contributed by atoms with E-state index < -0.39 is 0 Å². The highest BCUT2D eigenvalue weighted by atomic mass is 29.5. The van der Waals surface area contributed by atoms with Crippen molar-refractivity contribution in [2.75, 3.05) is 0 Å². The Bertz CT molecular complexity index is 47.0. The third-order valence-corrected chi connectivity index (χ3v) is 10.8. The first-order valence-corrected chi connectivity index (χ1v) is 14.2. The van der Waals surface area contributed by atoms with Crippen LogP contribution in [0.3, 0.4) is 0 Å². The van der Waals surface area contributed by atoms with E-state index in [0.29, 0.717) is 8.55 Å². The zero-order valence-electron chi connectivity index (χ0n) is 4.81. The van der Waals surface area contributed by atoms with Gasteiger partial charge in [-0.05, 0) is 9.76 Å². The normalized spacial score (nSPS) is 14.3. The fraction of sp³-hybridized carbons (Fsp3) is 0. The molecule has 42 valence electrons. The van der Waals surface area contributed by atoms with Crippen LogP contribution in [0.25, 0.3) is 0 Å². The molecule has 0 bridgehead atoms. The molecule has 0 aliphatic heterocycles. The van der Waals surface area contributed by atoms with Crippen molar-refractivity contribution < 1.29 is 4.12 Å². The number of rotatable bonds is 4. The average molecular weight is 164 g/mol. The molecule has 0 fully saturated rings. The van der Waals surface area contributed by atoms with Crippen LogP contribution >= 0.6 is 0 Å². The van der Waals surface area contributed by atoms with E-state index in [0.717, 1.165) is 0 Å². The molecule has 0 aromatic heterocycles. The van der Waals surface area contributed by atoms with Crippen molar-refractivity contribution in [1.29, 1.82) is 0 Å². The summed E-state index contributed by atoms with van der Waals surface area (Å²) in [5.41, 5.74) is 1.97. The van der Waals surface area contributed by atoms with Gasteiger partial charge in [0.25, 0.3) is 0 Å². The van der Waals surface area contributed by atoms with E-state index in [1.165, 1.54) is 9.76 Å². The summed E-state index contributed by atoms with van der Waals surface area (Å²) < 4.78 is 5.39. The maximum Gasteiger partial charge on any atom is 0.170 e. The Morgan fingerprint density at radius 3 is 2.86 bits per heavy atom. The minimum atomic E-state index is -0.207. The minimum absolute atomic E-state index is 0.102. The summed E-state index contributed by atoms with van der Waals surface area (Å²) in [4.78, 5) is 0. The van der Waals surface area contributed by atoms with E-state index in [9.17, 15) is 0 Å². The van der Waals surface area contributed by atoms with Crippen LogP contribution in [0.5, 0.6) is 0 Å². The monoisotopic (exact) mass is 164 g/mol. The Hall–Kier alpha value is 0.568. The van der Waals surface area contributed by atoms with Crippen LogP contribution in [0, 0.1) is 0 Å². The summed E-state index contributed by atoms with van der Waals surface area (Å²) in [6, 6.07) is 0. The SMILES string of the molecule is C=C[SiH2]O[SiH2][SiH2][SiH3]. The van der Waals surface area contributed by atoms with Gasteiger partial charge < -0.3 is 4.12 Å². The first-order chi connectivity index (χ1) is 3.41. The topological polar surface area (TPSA) is 9.23 Å². The highest BCUT2D eigenvalue weighted by Gasteiger charge is 1.78. The van der Waals surface area contributed by atoms with Crippen LogP contribution in [0.1, 0.15) is 0 Å². The molecule has 0 saturated carbocycles. The molecule has 0 spiro atoms. The van der Waals surface area contributed by atoms with Crippen molar-refractivity contribution in [1.82, 2.24) is 0 Å². The van der Waals surface area contributed by atoms with Crippen molar-refractivity contribution in [2.24, 2.45) is 0 Å². The highest BCUT2D eigenvalue weighted by Crippen LogP contribution is 1.61. The van der Waals surface area contributed by atoms with Gasteiger partial charge >= 0.3 is 0 Å². The van der Waals surface area contributed by atoms with E-state index in [4.69, 9.17) is 4.12 Å². The molecule has 0 aliphatic rings. The van der Waals surface area contributed by atoms with Gasteiger partial charge in [-0.3, -0.25) is 0 Å². The van der Waals surface area contributed by atoms with Gasteiger partial charge in [0, 0.05) is 8.55 Å². The molecule has 0 aliphatic carbocycles. The molecule has 0 aromatic rings. The molecule has 0 saturated heterocycles. The Labute approximate surface area is 54.2 Å². The van der Waals surface area contributed by atoms with Crippen LogP contribution in [0.2, 0.25) is 0 Å². The molecular formula is C2H12OSi4. The third-order valence-electron chi connectivity index (χ3n) is 0.584. The number of hydrogen-bond acceptors (Lipinski definition) is 1. The zero-order valence-corrected chi connectivity index (χ0v) is 11.1. The first-order valence-electron chi connectivity index (χ1n) is 2.60. The van der Waals surface area contributed by atoms with Crippen LogP contribution in [0.4, 0.5) is 0 Å². The molecule has 0 atom stereocenters. The standard InChI is InChI=1S/C2H12OSi4/c1-2-5-3-6-7-4/h2H,1,5-7H2,4H3. The quantitative estimate of drug-likeness (QED) is 0.312. The van der Waals surface area contributed by atoms with Gasteiger partial charge in [0.05, 0.1) is 0 Å². The molecule has 0 amide bonds. The molecule has 0 heterocycles. The third kappa shape index (κ3) is 6.57. The highest BCUT2D eigenvalue weighted by molar-refractivity contribution is 7.22. The summed E-state index contributed by atoms with van der Waals surface area (Å²) in [7, 11) is 1.80. The largest absolute Gasteiger partial charge is 0.465 e. The van der Waals surface area contributed by atoms with Crippen molar-refractivity contribution in [3.05, 3.63) is 12.3 Å². The molecular weight excluding hydrogens is 152 g/mol. The molecule has 7 heavy (non-hydrogen) atoms. The van der Waals surface area contributed by atoms with Crippen molar-refractivity contribution in [2.45, 2.75) is 0 Å². The summed E-state index contributed by atoms with van der Waals surface area (Å²) in [5, 5.41) is 0. The van der Waals surface area contributed by atoms with E-state index in [1.54, 1.807) is 0 Å². The molecule has 0 N–H and O–H groups in total. The molecule has 5 heteroatoms. The average Bonchev–Trinajstić information content (AvgIpc) is 1.69. The fourth-order valence-corrected chi connectivity index (χ4v) is 14.7. The van der Waals surface area contributed by atoms with Gasteiger partial charge in [0.2, 0.25) is 0 Å². The molecule has 0 unspecified atom stereocenters. The van der Waals surface area contributed by atoms with Gasteiger partial charge in [0.15, 0.2) is 9.76 Å². The Morgan fingerprint density at radius 2 is 2.43 bits per heavy atom. The van der Waals surface area contributed by atoms with Crippen molar-refractivity contribution in [3.8, 4) is 0 Å². The van der Waals surface area contributed by atoms with Gasteiger partial charge in [-0.1, -0.05) is 5.70 Å². The van der Waals surface area contributed by atoms with Crippen LogP contribution in [-0.4, -0.2) is 37.4 Å². The Balaban J connectivity index is 2.56. The minimum Gasteiger partial charge on any atom is -0.465 e. The second-order valence-corrected chi connectivity index (χ2v) is 18.5. The van der Waals surface area contributed by atoms with Gasteiger partial charge in [-0.2, -0.15) is 0 Å². The second-order valence-electron chi connectivity index (χ2n) is 1.36. The molecule has 0 radical (unpaired) electrons. The van der Waals surface area contributed by atoms with E-state index in [-0.39, 0.29) is 19.0 Å². The smallest absolute Gasteiger partial charge is 0.170 e. The Kier molecular flexibility index (Phi) is 7.10. The number of hydrogen-bond donors (Lipinski definition) is 0. The zero-order chi connectivity index (χ0) is 5.54. The Morgan fingerprint density at radius 1 is 1.71 bits per heavy atom. The maximum absolute atomic E-state index is 5.39. The van der Waals surface area contributed by atoms with E-state index >= 15 is 0 Å². The lowest BCUT2D eigenvalue weighted by Crippen LogP contribution is -2.09. The first kappa shape index (κ1) is 7.57. The summed E-state index contributed by atoms with van der Waals surface area (Å²) in [5.74, 6) is 0. The summed E-state index contributed by atoms with van der Waals surface area (Å²) >= 11 is 0. The lowest BCUT2D eigenvalue weighted by atomic mass is 11.3. The summed E-state index contributed by atoms with van der Waals surface area (Å²) in [6.45, 7) is 3.62. The maximum atomic E-state index is 5.39.